The summed E-state index contributed by atoms with van der Waals surface area (Å²) in [5, 5.41) is 3.33. The van der Waals surface area contributed by atoms with Gasteiger partial charge in [0.2, 0.25) is 5.88 Å². The van der Waals surface area contributed by atoms with Crippen LogP contribution in [0.15, 0.2) is 41.3 Å². The highest BCUT2D eigenvalue weighted by molar-refractivity contribution is 5.67. The SMILES string of the molecule is c1cnc(OC2CCNCC2)c(-c2ccoc2)c1. The van der Waals surface area contributed by atoms with Crippen LogP contribution in [0, 0.1) is 0 Å². The summed E-state index contributed by atoms with van der Waals surface area (Å²) in [6, 6.07) is 5.85. The Bertz CT molecular complexity index is 490. The van der Waals surface area contributed by atoms with Gasteiger partial charge in [0.1, 0.15) is 6.10 Å². The number of hydrogen-bond acceptors (Lipinski definition) is 4. The molecule has 0 radical (unpaired) electrons. The molecule has 3 heterocycles. The van der Waals surface area contributed by atoms with Gasteiger partial charge in [-0.15, -0.1) is 0 Å². The van der Waals surface area contributed by atoms with Crippen LogP contribution in [0.25, 0.3) is 11.1 Å². The zero-order chi connectivity index (χ0) is 12.2. The lowest BCUT2D eigenvalue weighted by Gasteiger charge is -2.24. The second-order valence-corrected chi connectivity index (χ2v) is 4.44. The largest absolute Gasteiger partial charge is 0.474 e. The molecule has 3 rings (SSSR count). The molecule has 0 saturated carbocycles. The van der Waals surface area contributed by atoms with E-state index in [0.717, 1.165) is 37.1 Å². The monoisotopic (exact) mass is 244 g/mol. The summed E-state index contributed by atoms with van der Waals surface area (Å²) < 4.78 is 11.1. The molecule has 2 aromatic heterocycles. The summed E-state index contributed by atoms with van der Waals surface area (Å²) in [6.07, 6.45) is 7.46. The second kappa shape index (κ2) is 5.23. The van der Waals surface area contributed by atoms with Crippen LogP contribution < -0.4 is 10.1 Å². The number of furan rings is 1. The Balaban J connectivity index is 1.83. The van der Waals surface area contributed by atoms with E-state index in [9.17, 15) is 0 Å². The Morgan fingerprint density at radius 1 is 1.28 bits per heavy atom. The molecule has 18 heavy (non-hydrogen) atoms. The number of hydrogen-bond donors (Lipinski definition) is 1. The number of ether oxygens (including phenoxy) is 1. The van der Waals surface area contributed by atoms with E-state index in [1.165, 1.54) is 0 Å². The molecule has 0 bridgehead atoms. The molecule has 0 atom stereocenters. The van der Waals surface area contributed by atoms with Gasteiger partial charge in [-0.1, -0.05) is 0 Å². The van der Waals surface area contributed by atoms with Gasteiger partial charge in [-0.25, -0.2) is 4.98 Å². The minimum atomic E-state index is 0.256. The highest BCUT2D eigenvalue weighted by Crippen LogP contribution is 2.29. The Kier molecular flexibility index (Phi) is 3.28. The van der Waals surface area contributed by atoms with Gasteiger partial charge in [0.05, 0.1) is 12.5 Å². The predicted octanol–water partition coefficient (Wildman–Crippen LogP) is 2.47. The van der Waals surface area contributed by atoms with E-state index >= 15 is 0 Å². The fourth-order valence-corrected chi connectivity index (χ4v) is 2.19. The predicted molar refractivity (Wildman–Crippen MR) is 68.5 cm³/mol. The number of rotatable bonds is 3. The van der Waals surface area contributed by atoms with Crippen molar-refractivity contribution in [3.63, 3.8) is 0 Å². The van der Waals surface area contributed by atoms with Gasteiger partial charge in [0.25, 0.3) is 0 Å². The Morgan fingerprint density at radius 3 is 2.94 bits per heavy atom. The van der Waals surface area contributed by atoms with Crippen LogP contribution in [-0.4, -0.2) is 24.2 Å². The van der Waals surface area contributed by atoms with E-state index in [1.54, 1.807) is 18.7 Å². The lowest BCUT2D eigenvalue weighted by atomic mass is 10.1. The quantitative estimate of drug-likeness (QED) is 0.901. The molecule has 4 nitrogen and oxygen atoms in total. The fourth-order valence-electron chi connectivity index (χ4n) is 2.19. The number of piperidine rings is 1. The maximum atomic E-state index is 6.02. The van der Waals surface area contributed by atoms with Crippen LogP contribution in [0.4, 0.5) is 0 Å². The van der Waals surface area contributed by atoms with Gasteiger partial charge in [-0.2, -0.15) is 0 Å². The van der Waals surface area contributed by atoms with Crippen LogP contribution >= 0.6 is 0 Å². The number of nitrogens with zero attached hydrogens (tertiary/aromatic N) is 1. The Hall–Kier alpha value is -1.81. The summed E-state index contributed by atoms with van der Waals surface area (Å²) in [7, 11) is 0. The molecule has 0 unspecified atom stereocenters. The molecule has 4 heteroatoms. The molecule has 1 aliphatic heterocycles. The first-order chi connectivity index (χ1) is 8.93. The van der Waals surface area contributed by atoms with Gasteiger partial charge < -0.3 is 14.5 Å². The van der Waals surface area contributed by atoms with Crippen molar-refractivity contribution >= 4 is 0 Å². The molecule has 2 aromatic rings. The first-order valence-corrected chi connectivity index (χ1v) is 6.28. The van der Waals surface area contributed by atoms with Crippen molar-refractivity contribution in [1.82, 2.24) is 10.3 Å². The van der Waals surface area contributed by atoms with Crippen LogP contribution in [-0.2, 0) is 0 Å². The third kappa shape index (κ3) is 2.38. The average Bonchev–Trinajstić information content (AvgIpc) is 2.94. The third-order valence-electron chi connectivity index (χ3n) is 3.17. The maximum Gasteiger partial charge on any atom is 0.221 e. The zero-order valence-corrected chi connectivity index (χ0v) is 10.1. The van der Waals surface area contributed by atoms with E-state index in [0.29, 0.717) is 5.88 Å². The van der Waals surface area contributed by atoms with Gasteiger partial charge in [0, 0.05) is 17.3 Å². The second-order valence-electron chi connectivity index (χ2n) is 4.44. The van der Waals surface area contributed by atoms with Crippen molar-refractivity contribution < 1.29 is 9.15 Å². The lowest BCUT2D eigenvalue weighted by molar-refractivity contribution is 0.157. The van der Waals surface area contributed by atoms with E-state index in [-0.39, 0.29) is 6.10 Å². The first-order valence-electron chi connectivity index (χ1n) is 6.28. The molecule has 1 fully saturated rings. The van der Waals surface area contributed by atoms with Crippen LogP contribution in [0.3, 0.4) is 0 Å². The summed E-state index contributed by atoms with van der Waals surface area (Å²) in [4.78, 5) is 4.34. The van der Waals surface area contributed by atoms with Crippen LogP contribution in [0.2, 0.25) is 0 Å². The Labute approximate surface area is 106 Å². The molecule has 1 saturated heterocycles. The summed E-state index contributed by atoms with van der Waals surface area (Å²) in [5.74, 6) is 0.700. The van der Waals surface area contributed by atoms with Gasteiger partial charge in [0.15, 0.2) is 0 Å². The average molecular weight is 244 g/mol. The maximum absolute atomic E-state index is 6.02. The van der Waals surface area contributed by atoms with E-state index in [1.807, 2.05) is 18.2 Å². The first kappa shape index (κ1) is 11.3. The third-order valence-corrected chi connectivity index (χ3v) is 3.17. The fraction of sp³-hybridized carbons (Fsp3) is 0.357. The molecule has 0 amide bonds. The topological polar surface area (TPSA) is 47.3 Å². The van der Waals surface area contributed by atoms with Crippen LogP contribution in [0.5, 0.6) is 5.88 Å². The standard InChI is InChI=1S/C14H16N2O2/c1-2-13(11-5-9-17-10-11)14(16-6-1)18-12-3-7-15-8-4-12/h1-2,5-6,9-10,12,15H,3-4,7-8H2. The molecule has 0 spiro atoms. The highest BCUT2D eigenvalue weighted by atomic mass is 16.5. The minimum Gasteiger partial charge on any atom is -0.474 e. The van der Waals surface area contributed by atoms with Crippen molar-refractivity contribution in [2.75, 3.05) is 13.1 Å². The minimum absolute atomic E-state index is 0.256. The van der Waals surface area contributed by atoms with Gasteiger partial charge >= 0.3 is 0 Å². The highest BCUT2D eigenvalue weighted by Gasteiger charge is 2.17. The van der Waals surface area contributed by atoms with Crippen molar-refractivity contribution in [3.05, 3.63) is 36.9 Å². The molecular weight excluding hydrogens is 228 g/mol. The van der Waals surface area contributed by atoms with Gasteiger partial charge in [-0.05, 0) is 44.1 Å². The van der Waals surface area contributed by atoms with Crippen molar-refractivity contribution in [1.29, 1.82) is 0 Å². The Morgan fingerprint density at radius 2 is 2.17 bits per heavy atom. The van der Waals surface area contributed by atoms with E-state index in [4.69, 9.17) is 9.15 Å². The normalized spacial score (nSPS) is 16.7. The lowest BCUT2D eigenvalue weighted by Crippen LogP contribution is -2.34. The molecule has 0 aliphatic carbocycles. The van der Waals surface area contributed by atoms with E-state index < -0.39 is 0 Å². The summed E-state index contributed by atoms with van der Waals surface area (Å²) in [6.45, 7) is 2.02. The molecule has 94 valence electrons. The van der Waals surface area contributed by atoms with Crippen LogP contribution in [0.1, 0.15) is 12.8 Å². The molecule has 1 aliphatic rings. The number of pyridine rings is 1. The molecular formula is C14H16N2O2. The van der Waals surface area contributed by atoms with Crippen molar-refractivity contribution in [3.8, 4) is 17.0 Å². The van der Waals surface area contributed by atoms with Gasteiger partial charge in [-0.3, -0.25) is 0 Å². The smallest absolute Gasteiger partial charge is 0.221 e. The van der Waals surface area contributed by atoms with Crippen molar-refractivity contribution in [2.24, 2.45) is 0 Å². The molecule has 1 N–H and O–H groups in total. The van der Waals surface area contributed by atoms with Crippen molar-refractivity contribution in [2.45, 2.75) is 18.9 Å². The van der Waals surface area contributed by atoms with E-state index in [2.05, 4.69) is 10.3 Å². The zero-order valence-electron chi connectivity index (χ0n) is 10.1. The summed E-state index contributed by atoms with van der Waals surface area (Å²) in [5.41, 5.74) is 2.00. The number of nitrogens with one attached hydrogen (secondary N) is 1. The number of aromatic nitrogens is 1. The summed E-state index contributed by atoms with van der Waals surface area (Å²) >= 11 is 0. The molecule has 0 aromatic carbocycles.